The summed E-state index contributed by atoms with van der Waals surface area (Å²) < 4.78 is 12.1. The molecule has 0 bridgehead atoms. The van der Waals surface area contributed by atoms with Gasteiger partial charge in [-0.1, -0.05) is 18.2 Å². The highest BCUT2D eigenvalue weighted by Gasteiger charge is 2.18. The lowest BCUT2D eigenvalue weighted by molar-refractivity contribution is 0.206. The van der Waals surface area contributed by atoms with Crippen molar-refractivity contribution in [2.75, 3.05) is 14.2 Å². The van der Waals surface area contributed by atoms with Crippen molar-refractivity contribution in [1.82, 2.24) is 15.0 Å². The Hall–Kier alpha value is -2.08. The van der Waals surface area contributed by atoms with Gasteiger partial charge in [0, 0.05) is 6.54 Å². The largest absolute Gasteiger partial charge is 0.493 e. The second-order valence-electron chi connectivity index (χ2n) is 4.40. The minimum Gasteiger partial charge on any atom is -0.493 e. The fourth-order valence-corrected chi connectivity index (χ4v) is 2.06. The third-order valence-electron chi connectivity index (χ3n) is 3.09. The average molecular weight is 277 g/mol. The van der Waals surface area contributed by atoms with Crippen LogP contribution in [-0.4, -0.2) is 34.3 Å². The summed E-state index contributed by atoms with van der Waals surface area (Å²) in [6.07, 6.45) is 1.71. The maximum atomic E-state index is 10.5. The molecule has 1 atom stereocenters. The van der Waals surface area contributed by atoms with Gasteiger partial charge in [0.25, 0.3) is 0 Å². The van der Waals surface area contributed by atoms with Crippen LogP contribution in [0.1, 0.15) is 30.7 Å². The number of methoxy groups -OCH3 is 2. The van der Waals surface area contributed by atoms with Crippen LogP contribution in [0.3, 0.4) is 0 Å². The number of rotatable bonds is 6. The molecule has 0 fully saturated rings. The molecule has 0 spiro atoms. The molecule has 1 aromatic carbocycles. The van der Waals surface area contributed by atoms with E-state index in [9.17, 15) is 5.11 Å². The van der Waals surface area contributed by atoms with E-state index < -0.39 is 6.10 Å². The first-order chi connectivity index (χ1) is 9.71. The molecule has 108 valence electrons. The van der Waals surface area contributed by atoms with Crippen molar-refractivity contribution in [3.63, 3.8) is 0 Å². The highest BCUT2D eigenvalue weighted by molar-refractivity contribution is 5.44. The van der Waals surface area contributed by atoms with Gasteiger partial charge in [-0.2, -0.15) is 0 Å². The maximum Gasteiger partial charge on any atom is 0.161 e. The number of aliphatic hydroxyl groups excluding tert-OH is 1. The number of ether oxygens (including phenoxy) is 2. The second kappa shape index (κ2) is 6.38. The zero-order valence-corrected chi connectivity index (χ0v) is 11.9. The van der Waals surface area contributed by atoms with Crippen LogP contribution in [0, 0.1) is 0 Å². The molecule has 0 saturated carbocycles. The van der Waals surface area contributed by atoms with Gasteiger partial charge < -0.3 is 14.6 Å². The molecule has 6 heteroatoms. The lowest BCUT2D eigenvalue weighted by atomic mass is 10.1. The van der Waals surface area contributed by atoms with Crippen LogP contribution in [0.2, 0.25) is 0 Å². The molecule has 0 aliphatic rings. The normalized spacial score (nSPS) is 12.2. The van der Waals surface area contributed by atoms with Gasteiger partial charge in [0.15, 0.2) is 11.5 Å². The Morgan fingerprint density at radius 1 is 1.25 bits per heavy atom. The molecule has 0 aliphatic carbocycles. The van der Waals surface area contributed by atoms with Crippen LogP contribution in [0.5, 0.6) is 11.5 Å². The maximum absolute atomic E-state index is 10.5. The van der Waals surface area contributed by atoms with E-state index in [2.05, 4.69) is 10.3 Å². The quantitative estimate of drug-likeness (QED) is 0.871. The van der Waals surface area contributed by atoms with Crippen molar-refractivity contribution in [2.45, 2.75) is 26.0 Å². The number of nitrogens with zero attached hydrogens (tertiary/aromatic N) is 3. The van der Waals surface area contributed by atoms with Gasteiger partial charge in [0.2, 0.25) is 0 Å². The van der Waals surface area contributed by atoms with E-state index in [-0.39, 0.29) is 0 Å². The number of aryl methyl sites for hydroxylation is 1. The summed E-state index contributed by atoms with van der Waals surface area (Å²) in [6.45, 7) is 2.77. The predicted molar refractivity (Wildman–Crippen MR) is 73.9 cm³/mol. The van der Waals surface area contributed by atoms with E-state index in [1.165, 1.54) is 0 Å². The number of benzene rings is 1. The van der Waals surface area contributed by atoms with Crippen LogP contribution in [0.25, 0.3) is 0 Å². The van der Waals surface area contributed by atoms with E-state index in [0.29, 0.717) is 22.8 Å². The van der Waals surface area contributed by atoms with Gasteiger partial charge in [-0.15, -0.1) is 5.10 Å². The van der Waals surface area contributed by atoms with Crippen molar-refractivity contribution in [3.8, 4) is 11.5 Å². The average Bonchev–Trinajstić information content (AvgIpc) is 2.94. The fraction of sp³-hybridized carbons (Fsp3) is 0.429. The Bertz CT molecular complexity index is 569. The molecule has 6 nitrogen and oxygen atoms in total. The number of hydrogen-bond acceptors (Lipinski definition) is 5. The van der Waals surface area contributed by atoms with Crippen LogP contribution in [0.4, 0.5) is 0 Å². The molecule has 0 aliphatic heterocycles. The Morgan fingerprint density at radius 2 is 2.00 bits per heavy atom. The minimum absolute atomic E-state index is 0.582. The predicted octanol–water partition coefficient (Wildman–Crippen LogP) is 1.79. The molecule has 2 aromatic rings. The summed E-state index contributed by atoms with van der Waals surface area (Å²) in [6, 6.07) is 5.33. The second-order valence-corrected chi connectivity index (χ2v) is 4.40. The van der Waals surface area contributed by atoms with Gasteiger partial charge in [0.05, 0.1) is 26.1 Å². The molecule has 1 aromatic heterocycles. The fourth-order valence-electron chi connectivity index (χ4n) is 2.06. The van der Waals surface area contributed by atoms with Gasteiger partial charge in [0.1, 0.15) is 6.10 Å². The Morgan fingerprint density at radius 3 is 2.65 bits per heavy atom. The summed E-state index contributed by atoms with van der Waals surface area (Å²) in [5.74, 6) is 1.21. The zero-order chi connectivity index (χ0) is 14.5. The first kappa shape index (κ1) is 14.3. The topological polar surface area (TPSA) is 69.4 Å². The molecular weight excluding hydrogens is 258 g/mol. The standard InChI is InChI=1S/C14H19N3O3/c1-4-7-17-11(9-15-16-17)14(18)10-5-6-12(19-2)13(8-10)20-3/h5-6,8-9,14,18H,4,7H2,1-3H3. The van der Waals surface area contributed by atoms with Crippen LogP contribution < -0.4 is 9.47 Å². The van der Waals surface area contributed by atoms with E-state index >= 15 is 0 Å². The van der Waals surface area contributed by atoms with Crippen LogP contribution >= 0.6 is 0 Å². The van der Waals surface area contributed by atoms with Crippen molar-refractivity contribution in [2.24, 2.45) is 0 Å². The smallest absolute Gasteiger partial charge is 0.161 e. The lowest BCUT2D eigenvalue weighted by Gasteiger charge is -2.15. The summed E-state index contributed by atoms with van der Waals surface area (Å²) in [5.41, 5.74) is 1.38. The van der Waals surface area contributed by atoms with Crippen molar-refractivity contribution in [1.29, 1.82) is 0 Å². The monoisotopic (exact) mass is 277 g/mol. The Balaban J connectivity index is 2.32. The third-order valence-corrected chi connectivity index (χ3v) is 3.09. The third kappa shape index (κ3) is 2.75. The number of aliphatic hydroxyl groups is 1. The van der Waals surface area contributed by atoms with E-state index in [1.54, 1.807) is 43.3 Å². The molecular formula is C14H19N3O3. The number of aromatic nitrogens is 3. The number of hydrogen-bond donors (Lipinski definition) is 1. The Kier molecular flexibility index (Phi) is 4.57. The van der Waals surface area contributed by atoms with Crippen molar-refractivity contribution >= 4 is 0 Å². The van der Waals surface area contributed by atoms with E-state index in [4.69, 9.17) is 9.47 Å². The summed E-state index contributed by atoms with van der Waals surface area (Å²) in [5, 5.41) is 18.3. The molecule has 20 heavy (non-hydrogen) atoms. The highest BCUT2D eigenvalue weighted by atomic mass is 16.5. The summed E-state index contributed by atoms with van der Waals surface area (Å²) >= 11 is 0. The van der Waals surface area contributed by atoms with Gasteiger partial charge in [-0.3, -0.25) is 0 Å². The van der Waals surface area contributed by atoms with E-state index in [0.717, 1.165) is 13.0 Å². The molecule has 1 N–H and O–H groups in total. The summed E-state index contributed by atoms with van der Waals surface area (Å²) in [4.78, 5) is 0. The van der Waals surface area contributed by atoms with E-state index in [1.807, 2.05) is 6.92 Å². The highest BCUT2D eigenvalue weighted by Crippen LogP contribution is 2.31. The minimum atomic E-state index is -0.795. The lowest BCUT2D eigenvalue weighted by Crippen LogP contribution is -2.10. The molecule has 2 rings (SSSR count). The molecule has 1 unspecified atom stereocenters. The first-order valence-electron chi connectivity index (χ1n) is 6.49. The molecule has 0 amide bonds. The van der Waals surface area contributed by atoms with Crippen LogP contribution in [-0.2, 0) is 6.54 Å². The first-order valence-corrected chi connectivity index (χ1v) is 6.49. The van der Waals surface area contributed by atoms with Gasteiger partial charge in [-0.25, -0.2) is 4.68 Å². The molecule has 0 saturated heterocycles. The Labute approximate surface area is 117 Å². The zero-order valence-electron chi connectivity index (χ0n) is 11.9. The SMILES string of the molecule is CCCn1nncc1C(O)c1ccc(OC)c(OC)c1. The molecule has 0 radical (unpaired) electrons. The van der Waals surface area contributed by atoms with Crippen LogP contribution in [0.15, 0.2) is 24.4 Å². The van der Waals surface area contributed by atoms with Crippen molar-refractivity contribution < 1.29 is 14.6 Å². The van der Waals surface area contributed by atoms with Gasteiger partial charge >= 0.3 is 0 Å². The van der Waals surface area contributed by atoms with Crippen molar-refractivity contribution in [3.05, 3.63) is 35.7 Å². The summed E-state index contributed by atoms with van der Waals surface area (Å²) in [7, 11) is 3.14. The molecule has 1 heterocycles. The van der Waals surface area contributed by atoms with Gasteiger partial charge in [-0.05, 0) is 24.1 Å².